The lowest BCUT2D eigenvalue weighted by Gasteiger charge is -2.48. The fourth-order valence-corrected chi connectivity index (χ4v) is 4.12. The first kappa shape index (κ1) is 20.5. The average Bonchev–Trinajstić information content (AvgIpc) is 2.46. The molecule has 1 saturated carbocycles. The van der Waals surface area contributed by atoms with Gasteiger partial charge in [0, 0.05) is 0 Å². The second-order valence-electron chi connectivity index (χ2n) is 7.37. The molecule has 6 heteroatoms. The van der Waals surface area contributed by atoms with Crippen molar-refractivity contribution in [2.45, 2.75) is 60.8 Å². The van der Waals surface area contributed by atoms with Gasteiger partial charge in [-0.15, -0.1) is 0 Å². The van der Waals surface area contributed by atoms with Crippen molar-refractivity contribution in [2.24, 2.45) is 16.2 Å². The van der Waals surface area contributed by atoms with Crippen LogP contribution in [0.3, 0.4) is 0 Å². The predicted octanol–water partition coefficient (Wildman–Crippen LogP) is 2.88. The van der Waals surface area contributed by atoms with Gasteiger partial charge in [0.1, 0.15) is 0 Å². The Hall–Kier alpha value is -1.59. The highest BCUT2D eigenvalue weighted by atomic mass is 16.5. The molecule has 24 heavy (non-hydrogen) atoms. The zero-order chi connectivity index (χ0) is 18.6. The van der Waals surface area contributed by atoms with E-state index < -0.39 is 34.2 Å². The Morgan fingerprint density at radius 2 is 0.833 bits per heavy atom. The molecule has 0 aromatic rings. The van der Waals surface area contributed by atoms with Gasteiger partial charge in [-0.3, -0.25) is 14.4 Å². The molecule has 0 amide bonds. The third kappa shape index (κ3) is 4.08. The maximum atomic E-state index is 12.5. The summed E-state index contributed by atoms with van der Waals surface area (Å²) in [5.74, 6) is -1.18. The van der Waals surface area contributed by atoms with Gasteiger partial charge in [-0.2, -0.15) is 0 Å². The largest absolute Gasteiger partial charge is 0.466 e. The van der Waals surface area contributed by atoms with Gasteiger partial charge in [-0.1, -0.05) is 0 Å². The molecular weight excluding hydrogens is 312 g/mol. The first-order valence-electron chi connectivity index (χ1n) is 8.58. The van der Waals surface area contributed by atoms with Gasteiger partial charge in [0.15, 0.2) is 0 Å². The van der Waals surface area contributed by atoms with Crippen LogP contribution in [-0.2, 0) is 28.6 Å². The maximum Gasteiger partial charge on any atom is 0.311 e. The Morgan fingerprint density at radius 3 is 1.00 bits per heavy atom. The third-order valence-corrected chi connectivity index (χ3v) is 4.65. The molecule has 0 heterocycles. The molecule has 1 rings (SSSR count). The number of hydrogen-bond acceptors (Lipinski definition) is 6. The van der Waals surface area contributed by atoms with E-state index in [4.69, 9.17) is 14.2 Å². The monoisotopic (exact) mass is 342 g/mol. The van der Waals surface area contributed by atoms with E-state index in [9.17, 15) is 14.4 Å². The molecular formula is C18H30O6. The number of rotatable bonds is 6. The summed E-state index contributed by atoms with van der Waals surface area (Å²) in [4.78, 5) is 37.6. The zero-order valence-electron chi connectivity index (χ0n) is 15.7. The minimum atomic E-state index is -0.947. The lowest BCUT2D eigenvalue weighted by Crippen LogP contribution is -2.53. The summed E-state index contributed by atoms with van der Waals surface area (Å²) in [6, 6.07) is 0. The van der Waals surface area contributed by atoms with Crippen molar-refractivity contribution in [3.63, 3.8) is 0 Å². The van der Waals surface area contributed by atoms with Crippen LogP contribution in [0.2, 0.25) is 0 Å². The zero-order valence-corrected chi connectivity index (χ0v) is 15.7. The van der Waals surface area contributed by atoms with Gasteiger partial charge < -0.3 is 14.2 Å². The lowest BCUT2D eigenvalue weighted by molar-refractivity contribution is -0.181. The first-order chi connectivity index (χ1) is 11.1. The summed E-state index contributed by atoms with van der Waals surface area (Å²) >= 11 is 0. The fourth-order valence-electron chi connectivity index (χ4n) is 4.12. The Bertz CT molecular complexity index is 418. The molecule has 0 aliphatic heterocycles. The first-order valence-corrected chi connectivity index (χ1v) is 8.58. The molecule has 0 spiro atoms. The van der Waals surface area contributed by atoms with E-state index in [0.717, 1.165) is 0 Å². The summed E-state index contributed by atoms with van der Waals surface area (Å²) in [7, 11) is 0. The summed E-state index contributed by atoms with van der Waals surface area (Å²) in [6.45, 7) is 11.2. The molecule has 0 radical (unpaired) electrons. The third-order valence-electron chi connectivity index (χ3n) is 4.65. The van der Waals surface area contributed by atoms with Crippen LogP contribution in [0.15, 0.2) is 0 Å². The standard InChI is InChI=1S/C18H30O6/c1-7-22-13(19)16(4)10-17(5,14(20)23-8-2)12-18(6,11-16)15(21)24-9-3/h7-12H2,1-6H3. The summed E-state index contributed by atoms with van der Waals surface area (Å²) in [5, 5.41) is 0. The fraction of sp³-hybridized carbons (Fsp3) is 0.833. The predicted molar refractivity (Wildman–Crippen MR) is 88.1 cm³/mol. The lowest BCUT2D eigenvalue weighted by atomic mass is 9.54. The molecule has 6 nitrogen and oxygen atoms in total. The van der Waals surface area contributed by atoms with Crippen molar-refractivity contribution < 1.29 is 28.6 Å². The molecule has 1 aliphatic carbocycles. The normalized spacial score (nSPS) is 32.8. The SMILES string of the molecule is CCOC(=O)C1(C)CC(C)(C(=O)OCC)CC(C)(C(=O)OCC)C1. The Kier molecular flexibility index (Phi) is 6.42. The number of hydrogen-bond donors (Lipinski definition) is 0. The average molecular weight is 342 g/mol. The second kappa shape index (κ2) is 7.53. The molecule has 1 aliphatic rings. The second-order valence-corrected chi connectivity index (χ2v) is 7.37. The van der Waals surface area contributed by atoms with Crippen LogP contribution in [0.25, 0.3) is 0 Å². The van der Waals surface area contributed by atoms with Gasteiger partial charge in [0.25, 0.3) is 0 Å². The molecule has 0 unspecified atom stereocenters. The van der Waals surface area contributed by atoms with Crippen LogP contribution in [0.5, 0.6) is 0 Å². The van der Waals surface area contributed by atoms with Crippen molar-refractivity contribution in [2.75, 3.05) is 19.8 Å². The number of carbonyl (C=O) groups is 3. The van der Waals surface area contributed by atoms with Gasteiger partial charge >= 0.3 is 17.9 Å². The topological polar surface area (TPSA) is 78.9 Å². The molecule has 0 bridgehead atoms. The minimum Gasteiger partial charge on any atom is -0.466 e. The van der Waals surface area contributed by atoms with Crippen molar-refractivity contribution in [1.29, 1.82) is 0 Å². The van der Waals surface area contributed by atoms with Crippen LogP contribution in [0, 0.1) is 16.2 Å². The smallest absolute Gasteiger partial charge is 0.311 e. The van der Waals surface area contributed by atoms with Gasteiger partial charge in [0.2, 0.25) is 0 Å². The quantitative estimate of drug-likeness (QED) is 0.545. The van der Waals surface area contributed by atoms with Crippen molar-refractivity contribution in [3.8, 4) is 0 Å². The minimum absolute atomic E-state index is 0.251. The Morgan fingerprint density at radius 1 is 0.625 bits per heavy atom. The summed E-state index contributed by atoms with van der Waals surface area (Å²) in [6.07, 6.45) is 0.853. The van der Waals surface area contributed by atoms with Crippen LogP contribution in [0.4, 0.5) is 0 Å². The maximum absolute atomic E-state index is 12.5. The van der Waals surface area contributed by atoms with Crippen molar-refractivity contribution in [3.05, 3.63) is 0 Å². The highest BCUT2D eigenvalue weighted by Gasteiger charge is 2.59. The van der Waals surface area contributed by atoms with Crippen molar-refractivity contribution >= 4 is 17.9 Å². The van der Waals surface area contributed by atoms with E-state index in [0.29, 0.717) is 0 Å². The molecule has 0 atom stereocenters. The molecule has 1 fully saturated rings. The van der Waals surface area contributed by atoms with Gasteiger partial charge in [0.05, 0.1) is 36.1 Å². The van der Waals surface area contributed by atoms with E-state index in [1.807, 2.05) is 0 Å². The molecule has 0 N–H and O–H groups in total. The number of ether oxygens (including phenoxy) is 3. The van der Waals surface area contributed by atoms with Gasteiger partial charge in [-0.05, 0) is 60.8 Å². The molecule has 0 aromatic heterocycles. The summed E-state index contributed by atoms with van der Waals surface area (Å²) < 4.78 is 15.6. The molecule has 0 saturated heterocycles. The highest BCUT2D eigenvalue weighted by Crippen LogP contribution is 2.55. The summed E-state index contributed by atoms with van der Waals surface area (Å²) in [5.41, 5.74) is -2.84. The van der Waals surface area contributed by atoms with E-state index in [2.05, 4.69) is 0 Å². The number of carbonyl (C=O) groups excluding carboxylic acids is 3. The molecule has 0 aromatic carbocycles. The molecule has 138 valence electrons. The Balaban J connectivity index is 3.27. The van der Waals surface area contributed by atoms with E-state index in [1.165, 1.54) is 0 Å². The van der Waals surface area contributed by atoms with Crippen LogP contribution in [0.1, 0.15) is 60.8 Å². The van der Waals surface area contributed by atoms with Gasteiger partial charge in [-0.25, -0.2) is 0 Å². The van der Waals surface area contributed by atoms with Crippen molar-refractivity contribution in [1.82, 2.24) is 0 Å². The van der Waals surface area contributed by atoms with E-state index >= 15 is 0 Å². The van der Waals surface area contributed by atoms with Crippen LogP contribution in [-0.4, -0.2) is 37.7 Å². The van der Waals surface area contributed by atoms with E-state index in [1.54, 1.807) is 41.5 Å². The Labute approximate surface area is 144 Å². The number of esters is 3. The van der Waals surface area contributed by atoms with E-state index in [-0.39, 0.29) is 39.1 Å². The van der Waals surface area contributed by atoms with Crippen LogP contribution >= 0.6 is 0 Å². The highest BCUT2D eigenvalue weighted by molar-refractivity contribution is 5.85. The van der Waals surface area contributed by atoms with Crippen LogP contribution < -0.4 is 0 Å².